The predicted molar refractivity (Wildman–Crippen MR) is 201 cm³/mol. The Hall–Kier alpha value is -5.08. The minimum Gasteiger partial charge on any atom is -0.475 e. The number of benzene rings is 4. The summed E-state index contributed by atoms with van der Waals surface area (Å²) < 4.78 is 189. The molecule has 60 heavy (non-hydrogen) atoms. The number of carbonyl (C=O) groups excluding carboxylic acids is 2. The number of esters is 2. The first kappa shape index (κ1) is 44.5. The number of rotatable bonds is 9. The Kier molecular flexibility index (Phi) is 12.4. The predicted octanol–water partition coefficient (Wildman–Crippen LogP) is 12.9. The average Bonchev–Trinajstić information content (AvgIpc) is 3.19. The summed E-state index contributed by atoms with van der Waals surface area (Å²) in [7, 11) is -0.563. The molecule has 0 radical (unpaired) electrons. The van der Waals surface area contributed by atoms with Gasteiger partial charge < -0.3 is 18.5 Å². The van der Waals surface area contributed by atoms with E-state index in [4.69, 9.17) is 18.5 Å². The largest absolute Gasteiger partial charge is 0.475 e. The Morgan fingerprint density at radius 2 is 1.10 bits per heavy atom. The maximum absolute atomic E-state index is 13.9. The second-order valence-corrected chi connectivity index (χ2v) is 15.6. The summed E-state index contributed by atoms with van der Waals surface area (Å²) in [5, 5.41) is 0.516. The van der Waals surface area contributed by atoms with E-state index < -0.39 is 112 Å². The number of allylic oxidation sites excluding steroid dienone is 8. The van der Waals surface area contributed by atoms with Gasteiger partial charge in [-0.25, -0.2) is 9.59 Å². The molecule has 4 aromatic carbocycles. The van der Waals surface area contributed by atoms with E-state index in [0.29, 0.717) is 12.2 Å². The molecule has 4 unspecified atom stereocenters. The smallest absolute Gasteiger partial charge is 0.416 e. The van der Waals surface area contributed by atoms with Gasteiger partial charge in [0.15, 0.2) is 0 Å². The van der Waals surface area contributed by atoms with E-state index in [9.17, 15) is 62.3 Å². The normalized spacial score (nSPS) is 18.1. The number of hydrogen-bond donors (Lipinski definition) is 0. The van der Waals surface area contributed by atoms with Gasteiger partial charge in [-0.15, -0.1) is 0 Å². The zero-order chi connectivity index (χ0) is 43.9. The minimum atomic E-state index is -5.18. The number of methoxy groups -OCH3 is 2. The number of alkyl halides is 12. The zero-order valence-corrected chi connectivity index (χ0v) is 32.6. The first-order valence-electron chi connectivity index (χ1n) is 17.3. The van der Waals surface area contributed by atoms with Crippen molar-refractivity contribution in [2.75, 3.05) is 14.2 Å². The molecule has 6 nitrogen and oxygen atoms in total. The molecule has 2 aliphatic carbocycles. The van der Waals surface area contributed by atoms with Gasteiger partial charge >= 0.3 is 36.6 Å². The summed E-state index contributed by atoms with van der Waals surface area (Å²) in [6.07, 6.45) is -21.4. The molecule has 4 aromatic rings. The first-order valence-corrected chi connectivity index (χ1v) is 19.2. The summed E-state index contributed by atoms with van der Waals surface area (Å²) in [5.74, 6) is -5.64. The molecular weight excluding hydrogens is 866 g/mol. The van der Waals surface area contributed by atoms with Crippen LogP contribution < -0.4 is 9.05 Å². The average molecular weight is 895 g/mol. The summed E-state index contributed by atoms with van der Waals surface area (Å²) in [6, 6.07) is 14.8. The molecule has 318 valence electrons. The Bertz CT molecular complexity index is 2480. The topological polar surface area (TPSA) is 71.1 Å². The highest BCUT2D eigenvalue weighted by molar-refractivity contribution is 7.38. The molecule has 0 saturated heterocycles. The highest BCUT2D eigenvalue weighted by Gasteiger charge is 2.45. The van der Waals surface area contributed by atoms with Crippen LogP contribution in [-0.4, -0.2) is 56.5 Å². The quantitative estimate of drug-likeness (QED) is 0.0947. The molecule has 0 spiro atoms. The van der Waals surface area contributed by atoms with Gasteiger partial charge in [0.1, 0.15) is 31.4 Å². The summed E-state index contributed by atoms with van der Waals surface area (Å²) >= 11 is 0. The van der Waals surface area contributed by atoms with Gasteiger partial charge in [-0.2, -0.15) is 52.7 Å². The van der Waals surface area contributed by atoms with Crippen molar-refractivity contribution in [3.8, 4) is 22.6 Å². The molecule has 0 aromatic heterocycles. The van der Waals surface area contributed by atoms with Crippen molar-refractivity contribution in [1.29, 1.82) is 0 Å². The monoisotopic (exact) mass is 894 g/mol. The molecular formula is C40H28F12O6P2. The Morgan fingerprint density at radius 3 is 1.57 bits per heavy atom. The summed E-state index contributed by atoms with van der Waals surface area (Å²) in [6.45, 7) is 0. The lowest BCUT2D eigenvalue weighted by atomic mass is 9.89. The second-order valence-electron chi connectivity index (χ2n) is 13.3. The third-order valence-electron chi connectivity index (χ3n) is 9.40. The van der Waals surface area contributed by atoms with E-state index in [1.807, 2.05) is 0 Å². The van der Waals surface area contributed by atoms with Crippen molar-refractivity contribution in [2.24, 2.45) is 5.92 Å². The Labute approximate surface area is 335 Å². The lowest BCUT2D eigenvalue weighted by molar-refractivity contribution is -0.162. The van der Waals surface area contributed by atoms with Gasteiger partial charge in [-0.1, -0.05) is 60.7 Å². The van der Waals surface area contributed by atoms with Crippen LogP contribution >= 0.6 is 17.6 Å². The highest BCUT2D eigenvalue weighted by atomic mass is 31.1. The van der Waals surface area contributed by atoms with E-state index in [2.05, 4.69) is 0 Å². The molecule has 20 heteroatoms. The van der Waals surface area contributed by atoms with Crippen LogP contribution in [0, 0.1) is 5.92 Å². The Morgan fingerprint density at radius 1 is 0.617 bits per heavy atom. The van der Waals surface area contributed by atoms with Crippen LogP contribution in [0.4, 0.5) is 52.7 Å². The van der Waals surface area contributed by atoms with Crippen molar-refractivity contribution >= 4 is 51.1 Å². The van der Waals surface area contributed by atoms with Crippen LogP contribution in [0.2, 0.25) is 0 Å². The minimum absolute atomic E-state index is 0.0106. The summed E-state index contributed by atoms with van der Waals surface area (Å²) in [4.78, 5) is 27.0. The van der Waals surface area contributed by atoms with Gasteiger partial charge in [0, 0.05) is 22.4 Å². The van der Waals surface area contributed by atoms with Crippen molar-refractivity contribution in [3.05, 3.63) is 118 Å². The number of hydrogen-bond acceptors (Lipinski definition) is 6. The molecule has 0 fully saturated rings. The molecule has 0 aliphatic heterocycles. The molecule has 6 rings (SSSR count). The van der Waals surface area contributed by atoms with Crippen molar-refractivity contribution in [3.63, 3.8) is 0 Å². The maximum Gasteiger partial charge on any atom is 0.416 e. The molecule has 4 atom stereocenters. The van der Waals surface area contributed by atoms with Gasteiger partial charge in [0.2, 0.25) is 0 Å². The number of carbonyl (C=O) groups is 2. The molecule has 0 amide bonds. The lowest BCUT2D eigenvalue weighted by Gasteiger charge is -2.27. The fourth-order valence-electron chi connectivity index (χ4n) is 6.66. The fraction of sp³-hybridized carbons (Fsp3) is 0.250. The third kappa shape index (κ3) is 9.44. The van der Waals surface area contributed by atoms with Gasteiger partial charge in [0.05, 0.1) is 40.1 Å². The molecule has 0 heterocycles. The third-order valence-corrected chi connectivity index (χ3v) is 11.3. The van der Waals surface area contributed by atoms with E-state index in [0.717, 1.165) is 14.2 Å². The molecule has 0 saturated carbocycles. The second kappa shape index (κ2) is 16.8. The fourth-order valence-corrected chi connectivity index (χ4v) is 8.66. The lowest BCUT2D eigenvalue weighted by Crippen LogP contribution is -2.26. The van der Waals surface area contributed by atoms with Crippen molar-refractivity contribution in [1.82, 2.24) is 0 Å². The SMILES string of the molecule is COC(=O)c1cc2ccccc2c(-c2c(OPC3C=C(C(F)(F)F)C=C(C(F)(F)F)C3)c(C(=O)OC)cc3ccccc23)c1OPC1=CC(C(F)(F)F)=CC(C(F)(F)F)C1. The van der Waals surface area contributed by atoms with Crippen molar-refractivity contribution in [2.45, 2.75) is 43.2 Å². The van der Waals surface area contributed by atoms with Crippen LogP contribution in [0.15, 0.2) is 107 Å². The number of fused-ring (bicyclic) bond motifs is 2. The van der Waals surface area contributed by atoms with Crippen LogP contribution in [0.3, 0.4) is 0 Å². The van der Waals surface area contributed by atoms with E-state index in [1.54, 1.807) is 12.1 Å². The number of ether oxygens (including phenoxy) is 2. The highest BCUT2D eigenvalue weighted by Crippen LogP contribution is 2.54. The van der Waals surface area contributed by atoms with Crippen LogP contribution in [-0.2, 0) is 9.47 Å². The summed E-state index contributed by atoms with van der Waals surface area (Å²) in [5.41, 5.74) is -7.26. The first-order chi connectivity index (χ1) is 28.0. The standard InChI is InChI=1S/C40H28F12O6P2/c1-55-35(53)29-11-19-7-3-5-9-27(19)31(33(29)57-59-25-15-21(37(41,42)43)13-22(16-25)38(44,45)46)32-28-10-6-4-8-20(28)12-30(36(54)56-2)34(32)58-60-26-17-23(39(47,48)49)14-24(18-26)40(50,51)52/h3-15,17,22,26,59-60H,16,18H2,1-2H3. The van der Waals surface area contributed by atoms with Crippen LogP contribution in [0.5, 0.6) is 11.5 Å². The zero-order valence-electron chi connectivity index (χ0n) is 30.6. The van der Waals surface area contributed by atoms with Gasteiger partial charge in [0.25, 0.3) is 0 Å². The molecule has 0 N–H and O–H groups in total. The van der Waals surface area contributed by atoms with E-state index in [-0.39, 0.29) is 56.0 Å². The van der Waals surface area contributed by atoms with Crippen LogP contribution in [0.1, 0.15) is 33.6 Å². The molecule has 2 aliphatic rings. The number of halogens is 12. The Balaban J connectivity index is 1.61. The van der Waals surface area contributed by atoms with Gasteiger partial charge in [-0.3, -0.25) is 0 Å². The van der Waals surface area contributed by atoms with Gasteiger partial charge in [-0.05, 0) is 64.0 Å². The van der Waals surface area contributed by atoms with E-state index in [1.165, 1.54) is 48.5 Å². The molecule has 0 bridgehead atoms. The van der Waals surface area contributed by atoms with E-state index >= 15 is 0 Å². The maximum atomic E-state index is 13.9. The van der Waals surface area contributed by atoms with Crippen molar-refractivity contribution < 1.29 is 80.8 Å². The van der Waals surface area contributed by atoms with Crippen LogP contribution in [0.25, 0.3) is 32.7 Å².